The van der Waals surface area contributed by atoms with Crippen molar-refractivity contribution in [3.05, 3.63) is 40.0 Å². The van der Waals surface area contributed by atoms with E-state index in [0.717, 1.165) is 0 Å². The number of nitrogens with two attached hydrogens (primary N) is 1. The second-order valence-corrected chi connectivity index (χ2v) is 2.63. The van der Waals surface area contributed by atoms with Crippen molar-refractivity contribution in [2.75, 3.05) is 6.54 Å². The summed E-state index contributed by atoms with van der Waals surface area (Å²) in [6, 6.07) is 1.54. The molecule has 80 valence electrons. The zero-order chi connectivity index (χ0) is 11.8. The van der Waals surface area contributed by atoms with Gasteiger partial charge in [-0.05, 0) is 11.6 Å². The molecule has 0 saturated heterocycles. The van der Waals surface area contributed by atoms with Gasteiger partial charge in [-0.3, -0.25) is 15.2 Å². The normalized spacial score (nSPS) is 8.31. The molecule has 0 bridgehead atoms. The number of pyridine rings is 1. The molecule has 1 aromatic heterocycles. The van der Waals surface area contributed by atoms with Gasteiger partial charge in [0.25, 0.3) is 5.91 Å². The van der Waals surface area contributed by atoms with E-state index in [1.54, 1.807) is 0 Å². The average molecular weight is 216 g/mol. The zero-order valence-electron chi connectivity index (χ0n) is 8.21. The topological polar surface area (TPSA) is 117 Å². The highest BCUT2D eigenvalue weighted by Crippen LogP contribution is 2.00. The van der Waals surface area contributed by atoms with Gasteiger partial charge in [0.05, 0.1) is 12.1 Å². The first-order valence-electron chi connectivity index (χ1n) is 4.23. The summed E-state index contributed by atoms with van der Waals surface area (Å²) in [6.45, 7) is 0.0732. The maximum atomic E-state index is 11.2. The van der Waals surface area contributed by atoms with Gasteiger partial charge >= 0.3 is 0 Å². The molecule has 0 aliphatic rings. The third kappa shape index (κ3) is 3.31. The van der Waals surface area contributed by atoms with Gasteiger partial charge in [-0.1, -0.05) is 17.0 Å². The summed E-state index contributed by atoms with van der Waals surface area (Å²) < 4.78 is 0. The third-order valence-corrected chi connectivity index (χ3v) is 1.58. The molecule has 0 unspecified atom stereocenters. The molecular weight excluding hydrogens is 208 g/mol. The van der Waals surface area contributed by atoms with Crippen LogP contribution in [0.3, 0.4) is 0 Å². The summed E-state index contributed by atoms with van der Waals surface area (Å²) in [6.07, 6.45) is 2.87. The summed E-state index contributed by atoms with van der Waals surface area (Å²) in [5.74, 6) is 9.85. The minimum atomic E-state index is -0.439. The first-order chi connectivity index (χ1) is 7.77. The summed E-state index contributed by atoms with van der Waals surface area (Å²) in [7, 11) is 0. The monoisotopic (exact) mass is 216 g/mol. The fourth-order valence-electron chi connectivity index (χ4n) is 0.924. The Labute approximate surface area is 91.3 Å². The molecule has 3 N–H and O–H groups in total. The predicted molar refractivity (Wildman–Crippen MR) is 56.8 cm³/mol. The zero-order valence-corrected chi connectivity index (χ0v) is 8.21. The van der Waals surface area contributed by atoms with Crippen LogP contribution in [-0.2, 0) is 0 Å². The molecule has 16 heavy (non-hydrogen) atoms. The van der Waals surface area contributed by atoms with Crippen molar-refractivity contribution in [2.24, 2.45) is 11.0 Å². The number of hydrogen-bond donors (Lipinski definition) is 2. The van der Waals surface area contributed by atoms with E-state index in [0.29, 0.717) is 11.1 Å². The van der Waals surface area contributed by atoms with Crippen molar-refractivity contribution in [1.82, 2.24) is 10.4 Å². The van der Waals surface area contributed by atoms with Gasteiger partial charge in [-0.15, -0.1) is 0 Å². The Balaban J connectivity index is 2.84. The highest BCUT2D eigenvalue weighted by atomic mass is 16.2. The van der Waals surface area contributed by atoms with Crippen molar-refractivity contribution >= 4 is 5.91 Å². The molecule has 0 fully saturated rings. The smallest absolute Gasteiger partial charge is 0.266 e. The van der Waals surface area contributed by atoms with E-state index in [-0.39, 0.29) is 6.54 Å². The number of carbonyl (C=O) groups is 1. The van der Waals surface area contributed by atoms with Gasteiger partial charge < -0.3 is 0 Å². The maximum absolute atomic E-state index is 11.2. The Morgan fingerprint density at radius 3 is 3.19 bits per heavy atom. The van der Waals surface area contributed by atoms with Gasteiger partial charge in [0.15, 0.2) is 0 Å². The van der Waals surface area contributed by atoms with Gasteiger partial charge in [-0.2, -0.15) is 0 Å². The average Bonchev–Trinajstić information content (AvgIpc) is 2.34. The Bertz CT molecular complexity index is 494. The van der Waals surface area contributed by atoms with Gasteiger partial charge in [0, 0.05) is 22.9 Å². The van der Waals surface area contributed by atoms with Crippen LogP contribution < -0.4 is 11.3 Å². The minimum Gasteiger partial charge on any atom is -0.290 e. The van der Waals surface area contributed by atoms with Crippen molar-refractivity contribution in [2.45, 2.75) is 0 Å². The van der Waals surface area contributed by atoms with Crippen molar-refractivity contribution in [1.29, 1.82) is 0 Å². The fourth-order valence-corrected chi connectivity index (χ4v) is 0.924. The summed E-state index contributed by atoms with van der Waals surface area (Å²) in [4.78, 5) is 17.5. The highest BCUT2D eigenvalue weighted by molar-refractivity contribution is 5.93. The number of nitrogens with zero attached hydrogens (tertiary/aromatic N) is 4. The third-order valence-electron chi connectivity index (χ3n) is 1.58. The molecule has 0 radical (unpaired) electrons. The van der Waals surface area contributed by atoms with E-state index >= 15 is 0 Å². The number of nitrogens with one attached hydrogen (secondary N) is 1. The number of azide groups is 1. The van der Waals surface area contributed by atoms with Crippen LogP contribution in [0.5, 0.6) is 0 Å². The molecule has 0 spiro atoms. The fraction of sp³-hybridized carbons (Fsp3) is 0.111. The lowest BCUT2D eigenvalue weighted by Gasteiger charge is -1.98. The number of carbonyl (C=O) groups excluding carboxylic acids is 1. The van der Waals surface area contributed by atoms with Crippen molar-refractivity contribution in [3.63, 3.8) is 0 Å². The van der Waals surface area contributed by atoms with Crippen LogP contribution >= 0.6 is 0 Å². The molecule has 0 aliphatic carbocycles. The van der Waals surface area contributed by atoms with Gasteiger partial charge in [-0.25, -0.2) is 5.84 Å². The number of amides is 1. The second kappa shape index (κ2) is 6.03. The van der Waals surface area contributed by atoms with Gasteiger partial charge in [0.2, 0.25) is 0 Å². The second-order valence-electron chi connectivity index (χ2n) is 2.63. The minimum absolute atomic E-state index is 0.0732. The van der Waals surface area contributed by atoms with Crippen LogP contribution in [0, 0.1) is 11.8 Å². The number of nitrogen functional groups attached to an aromatic ring is 1. The lowest BCUT2D eigenvalue weighted by Crippen LogP contribution is -2.30. The summed E-state index contributed by atoms with van der Waals surface area (Å²) >= 11 is 0. The van der Waals surface area contributed by atoms with E-state index in [2.05, 4.69) is 26.9 Å². The molecule has 1 rings (SSSR count). The molecule has 1 heterocycles. The molecular formula is C9H8N6O. The van der Waals surface area contributed by atoms with E-state index in [4.69, 9.17) is 11.4 Å². The number of aromatic nitrogens is 1. The first kappa shape index (κ1) is 11.5. The predicted octanol–water partition coefficient (Wildman–Crippen LogP) is 0.347. The molecule has 7 heteroatoms. The number of rotatable bonds is 2. The Hall–Kier alpha value is -2.55. The van der Waals surface area contributed by atoms with E-state index in [1.807, 2.05) is 5.43 Å². The van der Waals surface area contributed by atoms with Crippen LogP contribution in [0.4, 0.5) is 0 Å². The van der Waals surface area contributed by atoms with Crippen LogP contribution in [0.15, 0.2) is 23.6 Å². The van der Waals surface area contributed by atoms with Gasteiger partial charge in [0.1, 0.15) is 0 Å². The Morgan fingerprint density at radius 1 is 1.69 bits per heavy atom. The van der Waals surface area contributed by atoms with Crippen LogP contribution in [0.2, 0.25) is 0 Å². The van der Waals surface area contributed by atoms with Crippen LogP contribution in [0.25, 0.3) is 10.4 Å². The largest absolute Gasteiger partial charge is 0.290 e. The van der Waals surface area contributed by atoms with Crippen molar-refractivity contribution < 1.29 is 4.79 Å². The molecule has 0 atom stereocenters. The van der Waals surface area contributed by atoms with E-state index < -0.39 is 5.91 Å². The molecule has 0 saturated carbocycles. The number of hydrazine groups is 1. The summed E-state index contributed by atoms with van der Waals surface area (Å²) in [5.41, 5.74) is 10.9. The highest BCUT2D eigenvalue weighted by Gasteiger charge is 2.03. The first-order valence-corrected chi connectivity index (χ1v) is 4.23. The number of hydrogen-bond acceptors (Lipinski definition) is 4. The molecule has 1 amide bonds. The summed E-state index contributed by atoms with van der Waals surface area (Å²) in [5, 5.41) is 3.25. The molecule has 1 aromatic rings. The molecule has 7 nitrogen and oxygen atoms in total. The SMILES string of the molecule is [N-]=[N+]=NCC#Cc1cncc(C(=O)NN)c1. The Morgan fingerprint density at radius 2 is 2.50 bits per heavy atom. The Kier molecular flexibility index (Phi) is 4.34. The van der Waals surface area contributed by atoms with E-state index in [9.17, 15) is 4.79 Å². The lowest BCUT2D eigenvalue weighted by atomic mass is 10.2. The maximum Gasteiger partial charge on any atom is 0.266 e. The standard InChI is InChI=1S/C9H8N6O/c10-14-9(16)8-4-7(5-12-6-8)2-1-3-13-15-11/h4-6H,3,10H2,(H,14,16). The quantitative estimate of drug-likeness (QED) is 0.141. The van der Waals surface area contributed by atoms with Crippen LogP contribution in [-0.4, -0.2) is 17.4 Å². The van der Waals surface area contributed by atoms with Crippen LogP contribution in [0.1, 0.15) is 15.9 Å². The molecule has 0 aromatic carbocycles. The lowest BCUT2D eigenvalue weighted by molar-refractivity contribution is 0.0953. The van der Waals surface area contributed by atoms with Crippen molar-refractivity contribution in [3.8, 4) is 11.8 Å². The molecule has 0 aliphatic heterocycles. The van der Waals surface area contributed by atoms with E-state index in [1.165, 1.54) is 18.5 Å².